The average Bonchev–Trinajstić information content (AvgIpc) is 2.40. The van der Waals surface area contributed by atoms with E-state index in [9.17, 15) is 4.39 Å². The zero-order valence-corrected chi connectivity index (χ0v) is 13.6. The van der Waals surface area contributed by atoms with Gasteiger partial charge in [0.05, 0.1) is 10.5 Å². The second-order valence-electron chi connectivity index (χ2n) is 5.02. The van der Waals surface area contributed by atoms with Crippen LogP contribution in [0.3, 0.4) is 0 Å². The zero-order valence-electron chi connectivity index (χ0n) is 12.0. The minimum atomic E-state index is -0.227. The summed E-state index contributed by atoms with van der Waals surface area (Å²) in [5.74, 6) is -0.227. The van der Waals surface area contributed by atoms with Crippen LogP contribution < -0.4 is 5.32 Å². The molecule has 0 aliphatic carbocycles. The highest BCUT2D eigenvalue weighted by Crippen LogP contribution is 2.28. The Labute approximate surface area is 128 Å². The lowest BCUT2D eigenvalue weighted by Crippen LogP contribution is -2.23. The van der Waals surface area contributed by atoms with Gasteiger partial charge in [-0.3, -0.25) is 0 Å². The van der Waals surface area contributed by atoms with E-state index in [1.54, 1.807) is 12.1 Å². The molecule has 2 aromatic carbocycles. The third-order valence-electron chi connectivity index (χ3n) is 3.42. The third kappa shape index (κ3) is 3.28. The van der Waals surface area contributed by atoms with E-state index in [4.69, 9.17) is 0 Å². The summed E-state index contributed by atoms with van der Waals surface area (Å²) in [6.07, 6.45) is 0. The molecular formula is C17H19BrFN. The van der Waals surface area contributed by atoms with Crippen molar-refractivity contribution in [3.05, 3.63) is 68.9 Å². The van der Waals surface area contributed by atoms with Crippen molar-refractivity contribution in [1.82, 2.24) is 5.32 Å². The van der Waals surface area contributed by atoms with Gasteiger partial charge in [-0.15, -0.1) is 0 Å². The van der Waals surface area contributed by atoms with E-state index < -0.39 is 0 Å². The van der Waals surface area contributed by atoms with E-state index in [1.807, 2.05) is 6.07 Å². The molecule has 0 aliphatic heterocycles. The Kier molecular flexibility index (Phi) is 4.95. The second kappa shape index (κ2) is 6.51. The number of hydrogen-bond donors (Lipinski definition) is 1. The van der Waals surface area contributed by atoms with Gasteiger partial charge >= 0.3 is 0 Å². The minimum absolute atomic E-state index is 0.0169. The molecule has 0 fully saturated rings. The molecule has 3 heteroatoms. The molecule has 1 N–H and O–H groups in total. The topological polar surface area (TPSA) is 12.0 Å². The van der Waals surface area contributed by atoms with Gasteiger partial charge in [0, 0.05) is 0 Å². The van der Waals surface area contributed by atoms with Crippen LogP contribution in [0.1, 0.15) is 35.2 Å². The van der Waals surface area contributed by atoms with Crippen molar-refractivity contribution >= 4 is 15.9 Å². The van der Waals surface area contributed by atoms with Gasteiger partial charge in [-0.05, 0) is 65.1 Å². The van der Waals surface area contributed by atoms with Gasteiger partial charge < -0.3 is 5.32 Å². The zero-order chi connectivity index (χ0) is 14.7. The molecule has 1 atom stereocenters. The summed E-state index contributed by atoms with van der Waals surface area (Å²) in [6, 6.07) is 11.7. The van der Waals surface area contributed by atoms with Crippen molar-refractivity contribution in [2.75, 3.05) is 6.54 Å². The van der Waals surface area contributed by atoms with Gasteiger partial charge in [0.2, 0.25) is 0 Å². The summed E-state index contributed by atoms with van der Waals surface area (Å²) in [7, 11) is 0. The van der Waals surface area contributed by atoms with Crippen LogP contribution in [-0.4, -0.2) is 6.54 Å². The first-order chi connectivity index (χ1) is 9.52. The van der Waals surface area contributed by atoms with Crippen LogP contribution in [0.15, 0.2) is 40.9 Å². The maximum Gasteiger partial charge on any atom is 0.137 e. The molecule has 20 heavy (non-hydrogen) atoms. The number of rotatable bonds is 4. The fourth-order valence-corrected chi connectivity index (χ4v) is 2.70. The van der Waals surface area contributed by atoms with Crippen LogP contribution in [0, 0.1) is 19.7 Å². The van der Waals surface area contributed by atoms with Crippen LogP contribution in [0.25, 0.3) is 0 Å². The van der Waals surface area contributed by atoms with Gasteiger partial charge in [0.25, 0.3) is 0 Å². The summed E-state index contributed by atoms with van der Waals surface area (Å²) >= 11 is 3.20. The first-order valence-electron chi connectivity index (χ1n) is 6.78. The van der Waals surface area contributed by atoms with Gasteiger partial charge in [-0.25, -0.2) is 4.39 Å². The molecule has 0 saturated carbocycles. The molecule has 2 aromatic rings. The predicted molar refractivity (Wildman–Crippen MR) is 85.5 cm³/mol. The molecular weight excluding hydrogens is 317 g/mol. The molecule has 0 aliphatic rings. The van der Waals surface area contributed by atoms with Crippen LogP contribution in [0.4, 0.5) is 4.39 Å². The lowest BCUT2D eigenvalue weighted by Gasteiger charge is -2.21. The molecule has 0 spiro atoms. The molecule has 1 nitrogen and oxygen atoms in total. The van der Waals surface area contributed by atoms with Gasteiger partial charge in [-0.1, -0.05) is 36.8 Å². The van der Waals surface area contributed by atoms with Crippen LogP contribution in [0.2, 0.25) is 0 Å². The first kappa shape index (κ1) is 15.2. The number of hydrogen-bond acceptors (Lipinski definition) is 1. The maximum absolute atomic E-state index is 13.8. The highest BCUT2D eigenvalue weighted by Gasteiger charge is 2.16. The summed E-state index contributed by atoms with van der Waals surface area (Å²) < 4.78 is 14.3. The van der Waals surface area contributed by atoms with E-state index in [0.717, 1.165) is 12.1 Å². The quantitative estimate of drug-likeness (QED) is 0.837. The Hall–Kier alpha value is -1.19. The second-order valence-corrected chi connectivity index (χ2v) is 5.88. The molecule has 0 bridgehead atoms. The minimum Gasteiger partial charge on any atom is -0.307 e. The Morgan fingerprint density at radius 1 is 1.15 bits per heavy atom. The van der Waals surface area contributed by atoms with Crippen LogP contribution in [-0.2, 0) is 0 Å². The summed E-state index contributed by atoms with van der Waals surface area (Å²) in [4.78, 5) is 0. The van der Waals surface area contributed by atoms with E-state index in [2.05, 4.69) is 60.2 Å². The van der Waals surface area contributed by atoms with Crippen molar-refractivity contribution in [3.8, 4) is 0 Å². The Balaban J connectivity index is 2.47. The van der Waals surface area contributed by atoms with Crippen LogP contribution in [0.5, 0.6) is 0 Å². The maximum atomic E-state index is 13.8. The molecule has 0 heterocycles. The van der Waals surface area contributed by atoms with Crippen LogP contribution >= 0.6 is 15.9 Å². The molecule has 0 radical (unpaired) electrons. The average molecular weight is 336 g/mol. The number of aryl methyl sites for hydroxylation is 2. The fourth-order valence-electron chi connectivity index (χ4n) is 2.45. The van der Waals surface area contributed by atoms with E-state index >= 15 is 0 Å². The molecule has 0 saturated heterocycles. The molecule has 0 aromatic heterocycles. The van der Waals surface area contributed by atoms with E-state index in [-0.39, 0.29) is 11.9 Å². The van der Waals surface area contributed by atoms with E-state index in [1.165, 1.54) is 16.7 Å². The summed E-state index contributed by atoms with van der Waals surface area (Å²) in [5, 5.41) is 3.44. The molecule has 2 rings (SSSR count). The molecule has 1 unspecified atom stereocenters. The monoisotopic (exact) mass is 335 g/mol. The highest BCUT2D eigenvalue weighted by molar-refractivity contribution is 9.10. The summed E-state index contributed by atoms with van der Waals surface area (Å²) in [5.41, 5.74) is 4.60. The standard InChI is InChI=1S/C17H19BrFN/c1-4-20-17(13-6-8-15(18)16(19)10-13)14-7-5-11(2)9-12(14)3/h5-10,17,20H,4H2,1-3H3. The van der Waals surface area contributed by atoms with Crippen molar-refractivity contribution in [1.29, 1.82) is 0 Å². The number of nitrogens with one attached hydrogen (secondary N) is 1. The fraction of sp³-hybridized carbons (Fsp3) is 0.294. The largest absolute Gasteiger partial charge is 0.307 e. The Bertz CT molecular complexity index is 610. The Morgan fingerprint density at radius 3 is 2.50 bits per heavy atom. The first-order valence-corrected chi connectivity index (χ1v) is 7.57. The van der Waals surface area contributed by atoms with Gasteiger partial charge in [0.15, 0.2) is 0 Å². The summed E-state index contributed by atoms with van der Waals surface area (Å²) in [6.45, 7) is 7.07. The number of halogens is 2. The smallest absolute Gasteiger partial charge is 0.137 e. The van der Waals surface area contributed by atoms with Crippen molar-refractivity contribution < 1.29 is 4.39 Å². The lowest BCUT2D eigenvalue weighted by molar-refractivity contribution is 0.597. The molecule has 0 amide bonds. The van der Waals surface area contributed by atoms with Crippen molar-refractivity contribution in [3.63, 3.8) is 0 Å². The van der Waals surface area contributed by atoms with Crippen molar-refractivity contribution in [2.45, 2.75) is 26.8 Å². The van der Waals surface area contributed by atoms with Gasteiger partial charge in [-0.2, -0.15) is 0 Å². The third-order valence-corrected chi connectivity index (χ3v) is 4.06. The van der Waals surface area contributed by atoms with E-state index in [0.29, 0.717) is 4.47 Å². The Morgan fingerprint density at radius 2 is 1.90 bits per heavy atom. The van der Waals surface area contributed by atoms with Crippen molar-refractivity contribution in [2.24, 2.45) is 0 Å². The highest BCUT2D eigenvalue weighted by atomic mass is 79.9. The SMILES string of the molecule is CCNC(c1ccc(Br)c(F)c1)c1ccc(C)cc1C. The van der Waals surface area contributed by atoms with Gasteiger partial charge in [0.1, 0.15) is 5.82 Å². The lowest BCUT2D eigenvalue weighted by atomic mass is 9.94. The number of benzene rings is 2. The predicted octanol–water partition coefficient (Wildman–Crippen LogP) is 4.90. The molecule has 106 valence electrons. The normalized spacial score (nSPS) is 12.4.